The lowest BCUT2D eigenvalue weighted by Crippen LogP contribution is -2.36. The van der Waals surface area contributed by atoms with Crippen molar-refractivity contribution in [2.75, 3.05) is 13.1 Å². The van der Waals surface area contributed by atoms with Gasteiger partial charge in [-0.15, -0.1) is 0 Å². The monoisotopic (exact) mass is 290 g/mol. The molecule has 0 aromatic heterocycles. The lowest BCUT2D eigenvalue weighted by molar-refractivity contribution is -0.137. The normalized spacial score (nSPS) is 10.1. The molecule has 1 aromatic carbocycles. The van der Waals surface area contributed by atoms with Crippen molar-refractivity contribution in [2.45, 2.75) is 6.54 Å². The van der Waals surface area contributed by atoms with E-state index in [1.807, 2.05) is 0 Å². The van der Waals surface area contributed by atoms with Gasteiger partial charge in [0.1, 0.15) is 6.54 Å². The average Bonchev–Trinajstić information content (AvgIpc) is 2.32. The third-order valence-electron chi connectivity index (χ3n) is 2.07. The summed E-state index contributed by atoms with van der Waals surface area (Å²) in [4.78, 5) is 21.4. The van der Waals surface area contributed by atoms with Gasteiger partial charge in [0.15, 0.2) is 0 Å². The van der Waals surface area contributed by atoms with Crippen molar-refractivity contribution < 1.29 is 14.7 Å². The number of carboxylic acids is 1. The van der Waals surface area contributed by atoms with E-state index in [1.54, 1.807) is 18.2 Å². The molecule has 1 rings (SSSR count). The number of aliphatic carboxylic acids is 1. The van der Waals surface area contributed by atoms with Crippen LogP contribution < -0.4 is 10.6 Å². The minimum absolute atomic E-state index is 0.0100. The molecular formula is C11H12Cl2N2O3. The van der Waals surface area contributed by atoms with Crippen LogP contribution in [0.25, 0.3) is 0 Å². The Morgan fingerprint density at radius 1 is 1.22 bits per heavy atom. The predicted molar refractivity (Wildman–Crippen MR) is 68.8 cm³/mol. The number of halogens is 2. The van der Waals surface area contributed by atoms with E-state index in [4.69, 9.17) is 28.3 Å². The van der Waals surface area contributed by atoms with Crippen molar-refractivity contribution >= 4 is 35.1 Å². The number of nitrogens with one attached hydrogen (secondary N) is 2. The van der Waals surface area contributed by atoms with E-state index < -0.39 is 18.4 Å². The first kappa shape index (κ1) is 14.8. The Morgan fingerprint density at radius 2 is 1.94 bits per heavy atom. The highest BCUT2D eigenvalue weighted by Gasteiger charge is 2.06. The molecule has 0 bridgehead atoms. The van der Waals surface area contributed by atoms with Crippen molar-refractivity contribution in [2.24, 2.45) is 0 Å². The Kier molecular flexibility index (Phi) is 5.91. The maximum atomic E-state index is 11.2. The number of amides is 1. The van der Waals surface area contributed by atoms with Gasteiger partial charge in [0.05, 0.1) is 16.6 Å². The van der Waals surface area contributed by atoms with Gasteiger partial charge in [-0.25, -0.2) is 0 Å². The number of hydrogen-bond acceptors (Lipinski definition) is 3. The number of carbonyl (C=O) groups is 2. The molecule has 1 amide bonds. The van der Waals surface area contributed by atoms with Crippen molar-refractivity contribution in [3.05, 3.63) is 33.8 Å². The fourth-order valence-electron chi connectivity index (χ4n) is 1.23. The number of rotatable bonds is 6. The molecule has 0 spiro atoms. The largest absolute Gasteiger partial charge is 0.480 e. The molecule has 5 nitrogen and oxygen atoms in total. The second-order valence-electron chi connectivity index (χ2n) is 3.49. The van der Waals surface area contributed by atoms with Crippen molar-refractivity contribution in [3.63, 3.8) is 0 Å². The van der Waals surface area contributed by atoms with E-state index in [9.17, 15) is 9.59 Å². The molecule has 0 saturated carbocycles. The summed E-state index contributed by atoms with van der Waals surface area (Å²) >= 11 is 11.8. The number of benzene rings is 1. The Hall–Kier alpha value is -1.30. The van der Waals surface area contributed by atoms with Gasteiger partial charge >= 0.3 is 5.97 Å². The minimum Gasteiger partial charge on any atom is -0.480 e. The summed E-state index contributed by atoms with van der Waals surface area (Å²) < 4.78 is 0. The summed E-state index contributed by atoms with van der Waals surface area (Å²) in [5.74, 6) is -1.48. The fourth-order valence-corrected chi connectivity index (χ4v) is 1.62. The molecule has 0 aliphatic heterocycles. The van der Waals surface area contributed by atoms with E-state index >= 15 is 0 Å². The molecular weight excluding hydrogens is 279 g/mol. The van der Waals surface area contributed by atoms with E-state index in [1.165, 1.54) is 0 Å². The summed E-state index contributed by atoms with van der Waals surface area (Å²) in [6, 6.07) is 5.22. The highest BCUT2D eigenvalue weighted by molar-refractivity contribution is 6.42. The zero-order valence-corrected chi connectivity index (χ0v) is 10.9. The Morgan fingerprint density at radius 3 is 2.61 bits per heavy atom. The number of carboxylic acid groups (broad SMARTS) is 1. The van der Waals surface area contributed by atoms with Crippen molar-refractivity contribution in [3.8, 4) is 0 Å². The topological polar surface area (TPSA) is 78.4 Å². The van der Waals surface area contributed by atoms with Gasteiger partial charge in [0.2, 0.25) is 5.91 Å². The molecule has 0 unspecified atom stereocenters. The highest BCUT2D eigenvalue weighted by atomic mass is 35.5. The maximum Gasteiger partial charge on any atom is 0.322 e. The molecule has 7 heteroatoms. The quantitative estimate of drug-likeness (QED) is 0.738. The number of carbonyl (C=O) groups excluding carboxylic acids is 1. The van der Waals surface area contributed by atoms with Crippen LogP contribution >= 0.6 is 23.2 Å². The summed E-state index contributed by atoms with van der Waals surface area (Å²) in [6.45, 7) is -0.00551. The van der Waals surface area contributed by atoms with Crippen LogP contribution in [-0.4, -0.2) is 30.1 Å². The van der Waals surface area contributed by atoms with Crippen LogP contribution in [0.4, 0.5) is 0 Å². The van der Waals surface area contributed by atoms with Crippen LogP contribution in [0.2, 0.25) is 10.0 Å². The molecule has 0 aliphatic carbocycles. The zero-order valence-electron chi connectivity index (χ0n) is 9.37. The first-order valence-corrected chi connectivity index (χ1v) is 5.88. The summed E-state index contributed by atoms with van der Waals surface area (Å²) in [6.07, 6.45) is 0. The van der Waals surface area contributed by atoms with E-state index in [2.05, 4.69) is 10.6 Å². The van der Waals surface area contributed by atoms with Gasteiger partial charge in [-0.1, -0.05) is 35.3 Å². The third-order valence-corrected chi connectivity index (χ3v) is 2.93. The number of hydrogen-bond donors (Lipinski definition) is 3. The smallest absolute Gasteiger partial charge is 0.322 e. The summed E-state index contributed by atoms with van der Waals surface area (Å²) in [5, 5.41) is 14.3. The zero-order chi connectivity index (χ0) is 13.5. The molecule has 0 aliphatic rings. The third kappa shape index (κ3) is 4.91. The average molecular weight is 291 g/mol. The molecule has 1 aromatic rings. The van der Waals surface area contributed by atoms with E-state index in [0.29, 0.717) is 16.6 Å². The molecule has 0 radical (unpaired) electrons. The molecule has 0 atom stereocenters. The van der Waals surface area contributed by atoms with Gasteiger partial charge < -0.3 is 15.7 Å². The molecule has 18 heavy (non-hydrogen) atoms. The van der Waals surface area contributed by atoms with Crippen molar-refractivity contribution in [1.82, 2.24) is 10.6 Å². The predicted octanol–water partition coefficient (Wildman–Crippen LogP) is 1.28. The van der Waals surface area contributed by atoms with Crippen LogP contribution in [0.1, 0.15) is 5.56 Å². The van der Waals surface area contributed by atoms with Crippen LogP contribution in [0.15, 0.2) is 18.2 Å². The second kappa shape index (κ2) is 7.20. The Bertz CT molecular complexity index is 452. The summed E-state index contributed by atoms with van der Waals surface area (Å²) in [7, 11) is 0. The minimum atomic E-state index is -1.08. The fraction of sp³-hybridized carbons (Fsp3) is 0.273. The van der Waals surface area contributed by atoms with Crippen LogP contribution in [0, 0.1) is 0 Å². The van der Waals surface area contributed by atoms with Gasteiger partial charge in [-0.2, -0.15) is 0 Å². The molecule has 98 valence electrons. The Labute approximate surface area is 114 Å². The van der Waals surface area contributed by atoms with E-state index in [-0.39, 0.29) is 6.54 Å². The molecule has 0 saturated heterocycles. The maximum absolute atomic E-state index is 11.2. The molecule has 0 fully saturated rings. The van der Waals surface area contributed by atoms with Crippen LogP contribution in [-0.2, 0) is 16.1 Å². The summed E-state index contributed by atoms with van der Waals surface area (Å²) in [5.41, 5.74) is 0.773. The first-order chi connectivity index (χ1) is 8.50. The van der Waals surface area contributed by atoms with Gasteiger partial charge in [0.25, 0.3) is 0 Å². The van der Waals surface area contributed by atoms with Crippen LogP contribution in [0.5, 0.6) is 0 Å². The van der Waals surface area contributed by atoms with Crippen molar-refractivity contribution in [1.29, 1.82) is 0 Å². The SMILES string of the molecule is O=C(O)CNC(=O)CNCc1cccc(Cl)c1Cl. The Balaban J connectivity index is 2.35. The lowest BCUT2D eigenvalue weighted by Gasteiger charge is -2.07. The molecule has 3 N–H and O–H groups in total. The highest BCUT2D eigenvalue weighted by Crippen LogP contribution is 2.25. The second-order valence-corrected chi connectivity index (χ2v) is 4.27. The first-order valence-electron chi connectivity index (χ1n) is 5.13. The van der Waals surface area contributed by atoms with Gasteiger partial charge in [-0.05, 0) is 11.6 Å². The van der Waals surface area contributed by atoms with Gasteiger partial charge in [0, 0.05) is 6.54 Å². The van der Waals surface area contributed by atoms with Gasteiger partial charge in [-0.3, -0.25) is 9.59 Å². The van der Waals surface area contributed by atoms with E-state index in [0.717, 1.165) is 5.56 Å². The molecule has 0 heterocycles. The standard InChI is InChI=1S/C11H12Cl2N2O3/c12-8-3-1-2-7(11(8)13)4-14-5-9(16)15-6-10(17)18/h1-3,14H,4-6H2,(H,15,16)(H,17,18). The lowest BCUT2D eigenvalue weighted by atomic mass is 10.2. The van der Waals surface area contributed by atoms with Crippen LogP contribution in [0.3, 0.4) is 0 Å².